The van der Waals surface area contributed by atoms with E-state index in [0.29, 0.717) is 29.3 Å². The zero-order valence-corrected chi connectivity index (χ0v) is 9.92. The van der Waals surface area contributed by atoms with Gasteiger partial charge in [-0.15, -0.1) is 0 Å². The molecule has 1 heterocycles. The third kappa shape index (κ3) is 3.62. The summed E-state index contributed by atoms with van der Waals surface area (Å²) in [6, 6.07) is 3.36. The molecule has 0 saturated heterocycles. The normalized spacial score (nSPS) is 12.1. The van der Waals surface area contributed by atoms with E-state index in [0.717, 1.165) is 0 Å². The van der Waals surface area contributed by atoms with E-state index in [-0.39, 0.29) is 5.91 Å². The molecule has 0 bridgehead atoms. The second-order valence-corrected chi connectivity index (χ2v) is 4.71. The molecule has 1 amide bonds. The number of hydrogen-bond donors (Lipinski definition) is 2. The largest absolute Gasteiger partial charge is 0.396 e. The fraction of sp³-hybridized carbons (Fsp3) is 0.400. The molecule has 1 aromatic rings. The lowest BCUT2D eigenvalue weighted by molar-refractivity contribution is -0.120. The number of carbonyl (C=O) groups excluding carboxylic acids is 1. The predicted molar refractivity (Wildman–Crippen MR) is 63.2 cm³/mol. The number of anilines is 1. The van der Waals surface area contributed by atoms with Crippen LogP contribution < -0.4 is 11.1 Å². The molecular weight excluding hydrogens is 226 g/mol. The summed E-state index contributed by atoms with van der Waals surface area (Å²) in [5.74, 6) is 0.347. The van der Waals surface area contributed by atoms with E-state index in [1.807, 2.05) is 0 Å². The van der Waals surface area contributed by atoms with Crippen LogP contribution in [-0.4, -0.2) is 27.9 Å². The Morgan fingerprint density at radius 1 is 1.62 bits per heavy atom. The topological polar surface area (TPSA) is 85.1 Å². The van der Waals surface area contributed by atoms with Crippen LogP contribution in [0.25, 0.3) is 0 Å². The Morgan fingerprint density at radius 3 is 3.00 bits per heavy atom. The smallest absolute Gasteiger partial charge is 0.219 e. The number of hydrogen-bond acceptors (Lipinski definition) is 4. The van der Waals surface area contributed by atoms with Gasteiger partial charge in [0.15, 0.2) is 0 Å². The molecule has 0 aliphatic rings. The van der Waals surface area contributed by atoms with Gasteiger partial charge in [-0.1, -0.05) is 0 Å². The number of carbonyl (C=O) groups is 1. The highest BCUT2D eigenvalue weighted by Gasteiger charge is 2.09. The molecule has 0 aromatic carbocycles. The Balaban J connectivity index is 2.47. The van der Waals surface area contributed by atoms with Crippen molar-refractivity contribution in [3.05, 3.63) is 18.3 Å². The maximum Gasteiger partial charge on any atom is 0.219 e. The van der Waals surface area contributed by atoms with Crippen molar-refractivity contribution in [3.8, 4) is 0 Å². The van der Waals surface area contributed by atoms with Crippen LogP contribution in [0.3, 0.4) is 0 Å². The number of rotatable bonds is 5. The number of aromatic nitrogens is 1. The standard InChI is InChI=1S/C10H15N3O2S/c1-12-9(14)5-3-7-16(15)10-8(11)4-2-6-13-10/h2,4,6H,3,5,7,11H2,1H3,(H,12,14). The molecule has 0 spiro atoms. The number of pyridine rings is 1. The maximum atomic E-state index is 11.8. The van der Waals surface area contributed by atoms with Crippen LogP contribution in [0.5, 0.6) is 0 Å². The van der Waals surface area contributed by atoms with Gasteiger partial charge in [-0.25, -0.2) is 4.98 Å². The summed E-state index contributed by atoms with van der Waals surface area (Å²) in [6.07, 6.45) is 2.49. The van der Waals surface area contributed by atoms with Gasteiger partial charge in [0.1, 0.15) is 5.03 Å². The molecule has 1 atom stereocenters. The zero-order valence-electron chi connectivity index (χ0n) is 9.10. The first-order chi connectivity index (χ1) is 7.65. The zero-order chi connectivity index (χ0) is 12.0. The number of nitrogen functional groups attached to an aromatic ring is 1. The van der Waals surface area contributed by atoms with E-state index in [1.54, 1.807) is 25.4 Å². The van der Waals surface area contributed by atoms with Crippen LogP contribution in [0.15, 0.2) is 23.4 Å². The molecule has 1 unspecified atom stereocenters. The van der Waals surface area contributed by atoms with Gasteiger partial charge >= 0.3 is 0 Å². The Labute approximate surface area is 96.9 Å². The molecule has 16 heavy (non-hydrogen) atoms. The minimum absolute atomic E-state index is 0.0500. The Bertz CT molecular complexity index is 395. The first-order valence-corrected chi connectivity index (χ1v) is 6.26. The Kier molecular flexibility index (Phi) is 4.91. The van der Waals surface area contributed by atoms with Crippen LogP contribution in [0, 0.1) is 0 Å². The lowest BCUT2D eigenvalue weighted by atomic mass is 10.3. The summed E-state index contributed by atoms with van der Waals surface area (Å²) in [7, 11) is 0.350. The van der Waals surface area contributed by atoms with E-state index in [1.165, 1.54) is 0 Å². The van der Waals surface area contributed by atoms with Gasteiger partial charge in [0.25, 0.3) is 0 Å². The van der Waals surface area contributed by atoms with Gasteiger partial charge < -0.3 is 11.1 Å². The molecule has 5 nitrogen and oxygen atoms in total. The quantitative estimate of drug-likeness (QED) is 0.776. The minimum Gasteiger partial charge on any atom is -0.396 e. The summed E-state index contributed by atoms with van der Waals surface area (Å²) in [5.41, 5.74) is 6.08. The fourth-order valence-electron chi connectivity index (χ4n) is 1.18. The first kappa shape index (κ1) is 12.6. The van der Waals surface area contributed by atoms with Gasteiger partial charge in [0.05, 0.1) is 16.5 Å². The number of amides is 1. The average molecular weight is 241 g/mol. The monoisotopic (exact) mass is 241 g/mol. The maximum absolute atomic E-state index is 11.8. The Hall–Kier alpha value is -1.43. The van der Waals surface area contributed by atoms with Gasteiger partial charge in [-0.05, 0) is 18.6 Å². The molecule has 0 fully saturated rings. The third-order valence-corrected chi connectivity index (χ3v) is 3.46. The average Bonchev–Trinajstić information content (AvgIpc) is 2.29. The van der Waals surface area contributed by atoms with Crippen molar-refractivity contribution in [3.63, 3.8) is 0 Å². The van der Waals surface area contributed by atoms with Gasteiger partial charge in [0, 0.05) is 25.4 Å². The second-order valence-electron chi connectivity index (χ2n) is 3.22. The van der Waals surface area contributed by atoms with Crippen LogP contribution >= 0.6 is 0 Å². The SMILES string of the molecule is CNC(=O)CCCS(=O)c1ncccc1N. The van der Waals surface area contributed by atoms with Crippen molar-refractivity contribution in [2.75, 3.05) is 18.5 Å². The lowest BCUT2D eigenvalue weighted by Gasteiger charge is -2.03. The summed E-state index contributed by atoms with van der Waals surface area (Å²) in [5, 5.41) is 2.91. The highest BCUT2D eigenvalue weighted by Crippen LogP contribution is 2.13. The molecule has 88 valence electrons. The summed E-state index contributed by atoms with van der Waals surface area (Å²) >= 11 is 0. The van der Waals surface area contributed by atoms with Crippen molar-refractivity contribution in [2.24, 2.45) is 0 Å². The van der Waals surface area contributed by atoms with E-state index in [2.05, 4.69) is 10.3 Å². The predicted octanol–water partition coefficient (Wildman–Crippen LogP) is 0.298. The van der Waals surface area contributed by atoms with Crippen LogP contribution in [0.2, 0.25) is 0 Å². The fourth-order valence-corrected chi connectivity index (χ4v) is 2.29. The minimum atomic E-state index is -1.23. The molecule has 6 heteroatoms. The van der Waals surface area contributed by atoms with E-state index >= 15 is 0 Å². The molecular formula is C10H15N3O2S. The van der Waals surface area contributed by atoms with E-state index in [4.69, 9.17) is 5.73 Å². The van der Waals surface area contributed by atoms with Crippen molar-refractivity contribution < 1.29 is 9.00 Å². The molecule has 3 N–H and O–H groups in total. The third-order valence-electron chi connectivity index (χ3n) is 2.03. The molecule has 1 rings (SSSR count). The molecule has 0 aliphatic carbocycles. The van der Waals surface area contributed by atoms with Crippen LogP contribution in [-0.2, 0) is 15.6 Å². The van der Waals surface area contributed by atoms with Crippen molar-refractivity contribution in [2.45, 2.75) is 17.9 Å². The van der Waals surface area contributed by atoms with Crippen molar-refractivity contribution >= 4 is 22.4 Å². The van der Waals surface area contributed by atoms with E-state index in [9.17, 15) is 9.00 Å². The highest BCUT2D eigenvalue weighted by atomic mass is 32.2. The van der Waals surface area contributed by atoms with Gasteiger partial charge in [-0.3, -0.25) is 9.00 Å². The molecule has 0 aliphatic heterocycles. The first-order valence-electron chi connectivity index (χ1n) is 4.94. The number of nitrogens with zero attached hydrogens (tertiary/aromatic N) is 1. The van der Waals surface area contributed by atoms with Gasteiger partial charge in [-0.2, -0.15) is 0 Å². The summed E-state index contributed by atoms with van der Waals surface area (Å²) in [4.78, 5) is 14.9. The second kappa shape index (κ2) is 6.22. The Morgan fingerprint density at radius 2 is 2.38 bits per heavy atom. The summed E-state index contributed by atoms with van der Waals surface area (Å²) < 4.78 is 11.8. The number of nitrogens with two attached hydrogens (primary N) is 1. The van der Waals surface area contributed by atoms with E-state index < -0.39 is 10.8 Å². The lowest BCUT2D eigenvalue weighted by Crippen LogP contribution is -2.18. The molecule has 1 aromatic heterocycles. The number of nitrogens with one attached hydrogen (secondary N) is 1. The van der Waals surface area contributed by atoms with Gasteiger partial charge in [0.2, 0.25) is 5.91 Å². The molecule has 0 radical (unpaired) electrons. The highest BCUT2D eigenvalue weighted by molar-refractivity contribution is 7.85. The van der Waals surface area contributed by atoms with Crippen LogP contribution in [0.1, 0.15) is 12.8 Å². The van der Waals surface area contributed by atoms with Crippen molar-refractivity contribution in [1.82, 2.24) is 10.3 Å². The summed E-state index contributed by atoms with van der Waals surface area (Å²) in [6.45, 7) is 0. The van der Waals surface area contributed by atoms with Crippen LogP contribution in [0.4, 0.5) is 5.69 Å². The molecule has 0 saturated carbocycles. The van der Waals surface area contributed by atoms with Crippen molar-refractivity contribution in [1.29, 1.82) is 0 Å².